The number of hydrogen-bond donors (Lipinski definition) is 0. The molecule has 3 aromatic rings. The number of ether oxygens (including phenoxy) is 2. The summed E-state index contributed by atoms with van der Waals surface area (Å²) >= 11 is 0. The van der Waals surface area contributed by atoms with E-state index in [2.05, 4.69) is 13.5 Å². The molecule has 196 valence electrons. The van der Waals surface area contributed by atoms with Crippen molar-refractivity contribution < 1.29 is 22.6 Å². The van der Waals surface area contributed by atoms with Gasteiger partial charge in [-0.05, 0) is 67.0 Å². The van der Waals surface area contributed by atoms with Crippen LogP contribution < -0.4 is 4.74 Å². The fourth-order valence-corrected chi connectivity index (χ4v) is 4.85. The van der Waals surface area contributed by atoms with Crippen LogP contribution in [0.3, 0.4) is 0 Å². The van der Waals surface area contributed by atoms with E-state index in [-0.39, 0.29) is 29.2 Å². The van der Waals surface area contributed by atoms with Crippen LogP contribution in [-0.4, -0.2) is 19.3 Å². The molecule has 0 saturated carbocycles. The fraction of sp³-hybridized carbons (Fsp3) is 0.375. The summed E-state index contributed by atoms with van der Waals surface area (Å²) in [4.78, 5) is 0. The third-order valence-corrected chi connectivity index (χ3v) is 7.09. The van der Waals surface area contributed by atoms with Gasteiger partial charge in [-0.1, -0.05) is 62.2 Å². The smallest absolute Gasteiger partial charge is 0.201 e. The zero-order valence-corrected chi connectivity index (χ0v) is 21.4. The van der Waals surface area contributed by atoms with Crippen molar-refractivity contribution in [1.29, 1.82) is 0 Å². The number of benzene rings is 3. The Morgan fingerprint density at radius 2 is 1.65 bits per heavy atom. The van der Waals surface area contributed by atoms with Crippen LogP contribution in [0, 0.1) is 17.5 Å². The van der Waals surface area contributed by atoms with Crippen LogP contribution in [-0.2, 0) is 4.74 Å². The summed E-state index contributed by atoms with van der Waals surface area (Å²) in [6.45, 7) is 6.78. The molecule has 3 aromatic carbocycles. The standard InChI is InChI=1S/C32H35F3O2/c1-3-5-7-19-36-30-18-17-28(31(34)32(30)35)23-11-9-22(10-12-23)27-16-14-24(20-29(27)33)25-13-15-26(37-21-25)8-6-4-2/h4,9-12,14,16-18,20,25-26H,2-3,5-8,13,15,19,21H2,1H3. The van der Waals surface area contributed by atoms with Gasteiger partial charge in [0.15, 0.2) is 11.6 Å². The second-order valence-electron chi connectivity index (χ2n) is 9.71. The van der Waals surface area contributed by atoms with Crippen LogP contribution in [0.2, 0.25) is 0 Å². The minimum absolute atomic E-state index is 0.0771. The Balaban J connectivity index is 1.44. The summed E-state index contributed by atoms with van der Waals surface area (Å²) in [5, 5.41) is 0. The van der Waals surface area contributed by atoms with Gasteiger partial charge in [0, 0.05) is 17.0 Å². The minimum Gasteiger partial charge on any atom is -0.490 e. The highest BCUT2D eigenvalue weighted by Gasteiger charge is 2.23. The van der Waals surface area contributed by atoms with Crippen molar-refractivity contribution in [3.05, 3.63) is 90.3 Å². The minimum atomic E-state index is -0.988. The van der Waals surface area contributed by atoms with Gasteiger partial charge in [-0.2, -0.15) is 4.39 Å². The van der Waals surface area contributed by atoms with E-state index < -0.39 is 11.6 Å². The van der Waals surface area contributed by atoms with Crippen LogP contribution in [0.1, 0.15) is 63.4 Å². The van der Waals surface area contributed by atoms with Crippen molar-refractivity contribution in [3.63, 3.8) is 0 Å². The summed E-state index contributed by atoms with van der Waals surface area (Å²) in [5.41, 5.74) is 2.74. The largest absolute Gasteiger partial charge is 0.490 e. The van der Waals surface area contributed by atoms with Gasteiger partial charge in [-0.25, -0.2) is 8.78 Å². The maximum Gasteiger partial charge on any atom is 0.201 e. The molecule has 2 atom stereocenters. The van der Waals surface area contributed by atoms with Crippen LogP contribution in [0.5, 0.6) is 5.75 Å². The molecule has 0 amide bonds. The number of hydrogen-bond acceptors (Lipinski definition) is 2. The molecule has 37 heavy (non-hydrogen) atoms. The van der Waals surface area contributed by atoms with Crippen molar-refractivity contribution in [2.75, 3.05) is 13.2 Å². The van der Waals surface area contributed by atoms with E-state index in [1.54, 1.807) is 36.4 Å². The molecule has 1 aliphatic heterocycles. The van der Waals surface area contributed by atoms with Crippen molar-refractivity contribution in [3.8, 4) is 28.0 Å². The lowest BCUT2D eigenvalue weighted by molar-refractivity contribution is -0.000212. The van der Waals surface area contributed by atoms with Crippen LogP contribution in [0.4, 0.5) is 13.2 Å². The first kappa shape index (κ1) is 27.0. The van der Waals surface area contributed by atoms with Gasteiger partial charge < -0.3 is 9.47 Å². The number of rotatable bonds is 11. The average Bonchev–Trinajstić information content (AvgIpc) is 2.92. The van der Waals surface area contributed by atoms with Crippen molar-refractivity contribution in [2.45, 2.75) is 63.9 Å². The van der Waals surface area contributed by atoms with Crippen molar-refractivity contribution in [1.82, 2.24) is 0 Å². The molecule has 0 N–H and O–H groups in total. The van der Waals surface area contributed by atoms with E-state index in [4.69, 9.17) is 9.47 Å². The molecule has 1 fully saturated rings. The van der Waals surface area contributed by atoms with E-state index in [1.807, 2.05) is 12.1 Å². The second kappa shape index (κ2) is 13.0. The second-order valence-corrected chi connectivity index (χ2v) is 9.71. The molecule has 0 aliphatic carbocycles. The zero-order chi connectivity index (χ0) is 26.2. The van der Waals surface area contributed by atoms with Crippen LogP contribution in [0.15, 0.2) is 67.3 Å². The summed E-state index contributed by atoms with van der Waals surface area (Å²) in [6.07, 6.45) is 8.82. The first-order chi connectivity index (χ1) is 18.0. The SMILES string of the molecule is C=CCCC1CCC(c2ccc(-c3ccc(-c4ccc(OCCCCC)c(F)c4F)cc3)c(F)c2)CO1. The molecule has 2 nitrogen and oxygen atoms in total. The van der Waals surface area contributed by atoms with Gasteiger partial charge in [-0.15, -0.1) is 6.58 Å². The van der Waals surface area contributed by atoms with Crippen LogP contribution >= 0.6 is 0 Å². The van der Waals surface area contributed by atoms with Gasteiger partial charge in [0.2, 0.25) is 5.82 Å². The quantitative estimate of drug-likeness (QED) is 0.190. The zero-order valence-electron chi connectivity index (χ0n) is 21.4. The molecule has 0 bridgehead atoms. The summed E-state index contributed by atoms with van der Waals surface area (Å²) < 4.78 is 55.8. The number of unbranched alkanes of at least 4 members (excludes halogenated alkanes) is 2. The maximum absolute atomic E-state index is 15.1. The maximum atomic E-state index is 15.1. The van der Waals surface area contributed by atoms with Gasteiger partial charge in [0.05, 0.1) is 19.3 Å². The first-order valence-electron chi connectivity index (χ1n) is 13.2. The number of halogens is 3. The summed E-state index contributed by atoms with van der Waals surface area (Å²) in [6, 6.07) is 15.1. The van der Waals surface area contributed by atoms with E-state index in [1.165, 1.54) is 12.1 Å². The molecule has 0 radical (unpaired) electrons. The predicted molar refractivity (Wildman–Crippen MR) is 143 cm³/mol. The molecule has 1 saturated heterocycles. The van der Waals surface area contributed by atoms with E-state index in [0.29, 0.717) is 29.9 Å². The monoisotopic (exact) mass is 508 g/mol. The molecule has 5 heteroatoms. The van der Waals surface area contributed by atoms with Gasteiger partial charge in [-0.3, -0.25) is 0 Å². The Morgan fingerprint density at radius 3 is 2.30 bits per heavy atom. The van der Waals surface area contributed by atoms with E-state index in [0.717, 1.165) is 50.5 Å². The molecule has 1 heterocycles. The van der Waals surface area contributed by atoms with E-state index in [9.17, 15) is 8.78 Å². The first-order valence-corrected chi connectivity index (χ1v) is 13.2. The number of allylic oxidation sites excluding steroid dienone is 1. The normalized spacial score (nSPS) is 17.5. The van der Waals surface area contributed by atoms with Gasteiger partial charge in [0.1, 0.15) is 5.82 Å². The molecular formula is C32H35F3O2. The topological polar surface area (TPSA) is 18.5 Å². The Bertz CT molecular complexity index is 1180. The third kappa shape index (κ3) is 6.64. The summed E-state index contributed by atoms with van der Waals surface area (Å²) in [5.74, 6) is -2.13. The molecule has 0 spiro atoms. The predicted octanol–water partition coefficient (Wildman–Crippen LogP) is 9.24. The molecule has 2 unspecified atom stereocenters. The lowest BCUT2D eigenvalue weighted by Crippen LogP contribution is -2.24. The lowest BCUT2D eigenvalue weighted by atomic mass is 9.89. The van der Waals surface area contributed by atoms with Gasteiger partial charge >= 0.3 is 0 Å². The fourth-order valence-electron chi connectivity index (χ4n) is 4.85. The lowest BCUT2D eigenvalue weighted by Gasteiger charge is -2.29. The van der Waals surface area contributed by atoms with Crippen molar-refractivity contribution >= 4 is 0 Å². The van der Waals surface area contributed by atoms with Crippen LogP contribution in [0.25, 0.3) is 22.3 Å². The molecular weight excluding hydrogens is 473 g/mol. The Labute approximate surface area is 218 Å². The Kier molecular flexibility index (Phi) is 9.45. The highest BCUT2D eigenvalue weighted by Crippen LogP contribution is 2.34. The highest BCUT2D eigenvalue weighted by molar-refractivity contribution is 5.71. The highest BCUT2D eigenvalue weighted by atomic mass is 19.2. The third-order valence-electron chi connectivity index (χ3n) is 7.09. The summed E-state index contributed by atoms with van der Waals surface area (Å²) in [7, 11) is 0. The molecule has 0 aromatic heterocycles. The molecule has 4 rings (SSSR count). The van der Waals surface area contributed by atoms with E-state index >= 15 is 4.39 Å². The van der Waals surface area contributed by atoms with Crippen molar-refractivity contribution in [2.24, 2.45) is 0 Å². The molecule has 1 aliphatic rings. The Morgan fingerprint density at radius 1 is 0.919 bits per heavy atom. The Hall–Kier alpha value is -3.05. The van der Waals surface area contributed by atoms with Gasteiger partial charge in [0.25, 0.3) is 0 Å². The average molecular weight is 509 g/mol.